The van der Waals surface area contributed by atoms with Crippen molar-refractivity contribution in [2.24, 2.45) is 48.6 Å². The van der Waals surface area contributed by atoms with Crippen LogP contribution in [0.5, 0.6) is 0 Å². The third-order valence-electron chi connectivity index (χ3n) is 7.27. The van der Waals surface area contributed by atoms with E-state index < -0.39 is 0 Å². The Bertz CT molecular complexity index is 1390. The van der Waals surface area contributed by atoms with E-state index in [2.05, 4.69) is 78.6 Å². The average molecular weight is 573 g/mol. The van der Waals surface area contributed by atoms with E-state index in [-0.39, 0.29) is 14.9 Å². The van der Waals surface area contributed by atoms with E-state index in [0.29, 0.717) is 11.9 Å². The molecule has 1 aliphatic heterocycles. The molecular formula is C30H44N12. The number of nitrogens with zero attached hydrogens (tertiary/aromatic N) is 12. The van der Waals surface area contributed by atoms with Gasteiger partial charge in [-0.2, -0.15) is 0 Å². The van der Waals surface area contributed by atoms with Gasteiger partial charge in [0.25, 0.3) is 0 Å². The Kier molecular flexibility index (Phi) is 10.6. The highest BCUT2D eigenvalue weighted by atomic mass is 15.4. The third kappa shape index (κ3) is 7.04. The van der Waals surface area contributed by atoms with Crippen molar-refractivity contribution in [2.75, 3.05) is 36.0 Å². The Morgan fingerprint density at radius 1 is 0.619 bits per heavy atom. The number of anilines is 2. The summed E-state index contributed by atoms with van der Waals surface area (Å²) >= 11 is 0. The molecule has 12 nitrogen and oxygen atoms in total. The van der Waals surface area contributed by atoms with Crippen molar-refractivity contribution in [1.82, 2.24) is 19.6 Å². The van der Waals surface area contributed by atoms with Gasteiger partial charge < -0.3 is 24.7 Å². The first-order valence-electron chi connectivity index (χ1n) is 13.6. The minimum Gasteiger partial charge on any atom is -0.371 e. The van der Waals surface area contributed by atoms with E-state index in [9.17, 15) is 0 Å². The van der Waals surface area contributed by atoms with Crippen molar-refractivity contribution < 1.29 is 9.13 Å². The Morgan fingerprint density at radius 3 is 1.31 bits per heavy atom. The summed E-state index contributed by atoms with van der Waals surface area (Å²) < 4.78 is 7.11. The van der Waals surface area contributed by atoms with Gasteiger partial charge in [0.1, 0.15) is 0 Å². The summed E-state index contributed by atoms with van der Waals surface area (Å²) in [6.07, 6.45) is 5.60. The summed E-state index contributed by atoms with van der Waals surface area (Å²) in [6, 6.07) is 12.7. The molecule has 0 bridgehead atoms. The van der Waals surface area contributed by atoms with E-state index in [1.807, 2.05) is 49.5 Å². The lowest BCUT2D eigenvalue weighted by molar-refractivity contribution is -0.659. The number of hydrogen-bond acceptors (Lipinski definition) is 8. The van der Waals surface area contributed by atoms with E-state index in [1.54, 1.807) is 22.0 Å². The van der Waals surface area contributed by atoms with Gasteiger partial charge in [0, 0.05) is 47.8 Å². The van der Waals surface area contributed by atoms with Crippen molar-refractivity contribution >= 4 is 34.6 Å². The lowest BCUT2D eigenvalue weighted by Crippen LogP contribution is -2.37. The Morgan fingerprint density at radius 2 is 1.00 bits per heavy atom. The molecule has 42 heavy (non-hydrogen) atoms. The average Bonchev–Trinajstić information content (AvgIpc) is 3.41. The fraction of sp³-hybridized carbons (Fsp3) is 0.400. The Hall–Kier alpha value is -4.48. The van der Waals surface area contributed by atoms with Crippen molar-refractivity contribution in [3.63, 3.8) is 0 Å². The Labute approximate surface area is 249 Å². The molecule has 1 aliphatic rings. The minimum atomic E-state index is 0. The quantitative estimate of drug-likeness (QED) is 0.179. The van der Waals surface area contributed by atoms with Gasteiger partial charge in [-0.1, -0.05) is 10.2 Å². The van der Waals surface area contributed by atoms with Gasteiger partial charge in [-0.15, -0.1) is 9.36 Å². The van der Waals surface area contributed by atoms with Gasteiger partial charge in [-0.25, -0.2) is 9.13 Å². The maximum atomic E-state index is 4.44. The van der Waals surface area contributed by atoms with Crippen molar-refractivity contribution in [2.45, 2.75) is 26.7 Å². The molecule has 0 N–H and O–H groups in total. The number of benzene rings is 2. The fourth-order valence-electron chi connectivity index (χ4n) is 5.17. The van der Waals surface area contributed by atoms with Gasteiger partial charge in [0.15, 0.2) is 0 Å². The van der Waals surface area contributed by atoms with E-state index in [1.165, 1.54) is 22.5 Å². The molecule has 0 radical (unpaired) electrons. The summed E-state index contributed by atoms with van der Waals surface area (Å²) in [5, 5.41) is 26.0. The number of aromatic nitrogens is 6. The van der Waals surface area contributed by atoms with Gasteiger partial charge in [-0.3, -0.25) is 0 Å². The lowest BCUT2D eigenvalue weighted by Gasteiger charge is -2.34. The highest BCUT2D eigenvalue weighted by molar-refractivity contribution is 5.60. The molecule has 2 aromatic heterocycles. The minimum absolute atomic E-state index is 0. The molecule has 0 unspecified atom stereocenters. The molecule has 0 aliphatic carbocycles. The van der Waals surface area contributed by atoms with Gasteiger partial charge >= 0.3 is 11.9 Å². The van der Waals surface area contributed by atoms with Crippen LogP contribution in [0.1, 0.15) is 24.0 Å². The molecule has 4 aromatic rings. The first kappa shape index (κ1) is 32.0. The summed E-state index contributed by atoms with van der Waals surface area (Å²) in [5.74, 6) is 1.39. The van der Waals surface area contributed by atoms with Crippen LogP contribution in [-0.2, 0) is 28.2 Å². The van der Waals surface area contributed by atoms with E-state index >= 15 is 0 Å². The van der Waals surface area contributed by atoms with Crippen LogP contribution in [0.4, 0.5) is 34.6 Å². The summed E-state index contributed by atoms with van der Waals surface area (Å²) in [4.78, 5) is 5.01. The monoisotopic (exact) mass is 572 g/mol. The van der Waals surface area contributed by atoms with Gasteiger partial charge in [-0.05, 0) is 84.4 Å². The smallest absolute Gasteiger partial charge is 0.371 e. The predicted molar refractivity (Wildman–Crippen MR) is 166 cm³/mol. The maximum Gasteiger partial charge on any atom is 0.403 e. The van der Waals surface area contributed by atoms with Crippen LogP contribution < -0.4 is 18.9 Å². The number of hydrogen-bond donors (Lipinski definition) is 0. The Balaban J connectivity index is 0.00000242. The zero-order chi connectivity index (χ0) is 28.2. The van der Waals surface area contributed by atoms with Crippen molar-refractivity contribution in [3.8, 4) is 0 Å². The molecule has 0 atom stereocenters. The predicted octanol–water partition coefficient (Wildman–Crippen LogP) is 5.26. The van der Waals surface area contributed by atoms with Crippen molar-refractivity contribution in [3.05, 3.63) is 75.0 Å². The van der Waals surface area contributed by atoms with Crippen LogP contribution in [0.15, 0.2) is 69.5 Å². The van der Waals surface area contributed by atoms with Crippen LogP contribution >= 0.6 is 0 Å². The lowest BCUT2D eigenvalue weighted by atomic mass is 10.1. The molecule has 224 valence electrons. The fourth-order valence-corrected chi connectivity index (χ4v) is 5.17. The van der Waals surface area contributed by atoms with Crippen LogP contribution in [0, 0.1) is 28.7 Å². The highest BCUT2D eigenvalue weighted by Gasteiger charge is 2.18. The van der Waals surface area contributed by atoms with Crippen LogP contribution in [0.25, 0.3) is 0 Å². The zero-order valence-electron chi connectivity index (χ0n) is 26.2. The van der Waals surface area contributed by atoms with Crippen LogP contribution in [0.3, 0.4) is 0 Å². The number of rotatable bonds is 6. The van der Waals surface area contributed by atoms with Crippen LogP contribution in [-0.4, -0.2) is 45.7 Å². The number of azo groups is 2. The topological polar surface area (TPSA) is 99.3 Å². The molecule has 1 fully saturated rings. The SMILES string of the molecule is Cc1cc(N=Nc2n(C)nc[n+]2C)ccc1N1CCCN(c2ccc(N=Nc3n(C)nc[n+]3C)cc2C)CCC1.[CH3-].[CH3-]. The molecule has 0 amide bonds. The molecule has 1 saturated heterocycles. The normalized spacial score (nSPS) is 14.1. The summed E-state index contributed by atoms with van der Waals surface area (Å²) in [7, 11) is 7.54. The van der Waals surface area contributed by atoms with Crippen LogP contribution in [0.2, 0.25) is 0 Å². The second-order valence-corrected chi connectivity index (χ2v) is 10.4. The first-order valence-corrected chi connectivity index (χ1v) is 13.6. The molecule has 5 rings (SSSR count). The van der Waals surface area contributed by atoms with E-state index in [0.717, 1.165) is 50.4 Å². The first-order chi connectivity index (χ1) is 19.3. The van der Waals surface area contributed by atoms with Gasteiger partial charge in [0.05, 0.1) is 39.6 Å². The molecule has 0 saturated carbocycles. The highest BCUT2D eigenvalue weighted by Crippen LogP contribution is 2.30. The second-order valence-electron chi connectivity index (χ2n) is 10.4. The maximum absolute atomic E-state index is 4.44. The molecular weight excluding hydrogens is 528 g/mol. The van der Waals surface area contributed by atoms with Crippen molar-refractivity contribution in [1.29, 1.82) is 0 Å². The molecule has 12 heteroatoms. The largest absolute Gasteiger partial charge is 0.403 e. The summed E-state index contributed by atoms with van der Waals surface area (Å²) in [6.45, 7) is 8.35. The molecule has 0 spiro atoms. The molecule has 3 heterocycles. The van der Waals surface area contributed by atoms with Gasteiger partial charge in [0.2, 0.25) is 12.7 Å². The second kappa shape index (κ2) is 13.9. The molecule has 2 aromatic carbocycles. The zero-order valence-corrected chi connectivity index (χ0v) is 26.2. The number of aryl methyl sites for hydroxylation is 6. The summed E-state index contributed by atoms with van der Waals surface area (Å²) in [5.41, 5.74) is 6.64. The standard InChI is InChI=1S/C28H38N12.2CH3/c1-21-17-23(31-33-27-35(3)19-29-37(27)5)9-11-25(21)39-13-7-15-40(16-8-14-39)26-12-10-24(18-22(26)2)32-34-28-36(4)20-30-38(28)6;;/h9-12,17-20H,7-8,13-16H2,1-6H3;2*1H3/q+2;2*-1. The van der Waals surface area contributed by atoms with E-state index in [4.69, 9.17) is 0 Å². The third-order valence-corrected chi connectivity index (χ3v) is 7.27.